The summed E-state index contributed by atoms with van der Waals surface area (Å²) >= 11 is 0. The van der Waals surface area contributed by atoms with E-state index >= 15 is 0 Å². The van der Waals surface area contributed by atoms with Gasteiger partial charge in [0.2, 0.25) is 0 Å². The van der Waals surface area contributed by atoms with Crippen LogP contribution in [-0.2, 0) is 14.3 Å². The summed E-state index contributed by atoms with van der Waals surface area (Å²) in [5.41, 5.74) is -1.08. The lowest BCUT2D eigenvalue weighted by Gasteiger charge is -2.37. The number of ether oxygens (including phenoxy) is 2. The first-order valence-corrected chi connectivity index (χ1v) is 5.87. The number of carbonyl (C=O) groups excluding carboxylic acids is 2. The van der Waals surface area contributed by atoms with Crippen LogP contribution < -0.4 is 9.64 Å². The Morgan fingerprint density at radius 2 is 2.21 bits per heavy atom. The fraction of sp³-hybridized carbons (Fsp3) is 0.462. The van der Waals surface area contributed by atoms with Crippen molar-refractivity contribution in [2.45, 2.75) is 20.0 Å². The van der Waals surface area contributed by atoms with E-state index in [1.54, 1.807) is 39.2 Å². The molecule has 0 saturated heterocycles. The van der Waals surface area contributed by atoms with Crippen molar-refractivity contribution < 1.29 is 19.1 Å². The quantitative estimate of drug-likeness (QED) is 0.745. The van der Waals surface area contributed by atoms with Crippen LogP contribution in [0.2, 0.25) is 0 Å². The molecule has 0 fully saturated rings. The Hall–Kier alpha value is -2.11. The van der Waals surface area contributed by atoms with Gasteiger partial charge in [0, 0.05) is 13.2 Å². The molecule has 2 rings (SSSR count). The summed E-state index contributed by atoms with van der Waals surface area (Å²) < 4.78 is 10.4. The summed E-state index contributed by atoms with van der Waals surface area (Å²) in [5.74, 6) is 0.115. The average molecular weight is 264 g/mol. The minimum Gasteiger partial charge on any atom is -0.475 e. The summed E-state index contributed by atoms with van der Waals surface area (Å²) in [7, 11) is 2.90. The number of anilines is 1. The highest BCUT2D eigenvalue weighted by Gasteiger charge is 2.48. The zero-order valence-electron chi connectivity index (χ0n) is 11.3. The van der Waals surface area contributed by atoms with Crippen LogP contribution in [-0.4, -0.2) is 37.1 Å². The Labute approximate surface area is 111 Å². The van der Waals surface area contributed by atoms with Crippen LogP contribution in [0.1, 0.15) is 13.8 Å². The summed E-state index contributed by atoms with van der Waals surface area (Å²) in [4.78, 5) is 29.6. The van der Waals surface area contributed by atoms with Gasteiger partial charge >= 0.3 is 5.97 Å². The van der Waals surface area contributed by atoms with Crippen LogP contribution in [0, 0.1) is 5.41 Å². The number of methoxy groups -OCH3 is 1. The number of pyridine rings is 1. The van der Waals surface area contributed by atoms with Crippen LogP contribution >= 0.6 is 0 Å². The zero-order valence-corrected chi connectivity index (χ0v) is 11.3. The van der Waals surface area contributed by atoms with Gasteiger partial charge in [0.15, 0.2) is 17.7 Å². The maximum absolute atomic E-state index is 12.3. The predicted molar refractivity (Wildman–Crippen MR) is 67.9 cm³/mol. The predicted octanol–water partition coefficient (Wildman–Crippen LogP) is 1.00. The number of amides is 1. The van der Waals surface area contributed by atoms with Crippen molar-refractivity contribution in [2.24, 2.45) is 5.41 Å². The fourth-order valence-electron chi connectivity index (χ4n) is 2.01. The second-order valence-corrected chi connectivity index (χ2v) is 4.93. The molecule has 1 aromatic heterocycles. The van der Waals surface area contributed by atoms with Crippen molar-refractivity contribution in [1.82, 2.24) is 4.98 Å². The van der Waals surface area contributed by atoms with Gasteiger partial charge in [-0.25, -0.2) is 4.98 Å². The van der Waals surface area contributed by atoms with Crippen LogP contribution in [0.4, 0.5) is 5.82 Å². The van der Waals surface area contributed by atoms with Crippen molar-refractivity contribution in [3.05, 3.63) is 18.3 Å². The normalized spacial score (nSPS) is 18.6. The smallest absolute Gasteiger partial charge is 0.315 e. The van der Waals surface area contributed by atoms with Gasteiger partial charge in [0.25, 0.3) is 5.91 Å². The Morgan fingerprint density at radius 1 is 1.53 bits per heavy atom. The van der Waals surface area contributed by atoms with Crippen LogP contribution in [0.15, 0.2) is 18.3 Å². The molecule has 1 aliphatic heterocycles. The van der Waals surface area contributed by atoms with E-state index in [0.717, 1.165) is 0 Å². The molecule has 6 heteroatoms. The summed E-state index contributed by atoms with van der Waals surface area (Å²) in [6.45, 7) is 3.24. The molecule has 6 nitrogen and oxygen atoms in total. The highest BCUT2D eigenvalue weighted by Crippen LogP contribution is 2.36. The van der Waals surface area contributed by atoms with Crippen molar-refractivity contribution in [2.75, 3.05) is 19.1 Å². The van der Waals surface area contributed by atoms with E-state index in [2.05, 4.69) is 4.98 Å². The third-order valence-corrected chi connectivity index (χ3v) is 3.24. The van der Waals surface area contributed by atoms with Gasteiger partial charge in [-0.2, -0.15) is 0 Å². The molecule has 1 atom stereocenters. The van der Waals surface area contributed by atoms with Gasteiger partial charge in [-0.1, -0.05) is 0 Å². The van der Waals surface area contributed by atoms with E-state index in [-0.39, 0.29) is 5.91 Å². The molecule has 2 heterocycles. The van der Waals surface area contributed by atoms with Gasteiger partial charge in [-0.15, -0.1) is 0 Å². The summed E-state index contributed by atoms with van der Waals surface area (Å²) in [5, 5.41) is 0. The highest BCUT2D eigenvalue weighted by atomic mass is 16.5. The lowest BCUT2D eigenvalue weighted by Crippen LogP contribution is -2.54. The number of hydrogen-bond acceptors (Lipinski definition) is 5. The Kier molecular flexibility index (Phi) is 3.18. The molecule has 102 valence electrons. The number of nitrogens with zero attached hydrogens (tertiary/aromatic N) is 2. The molecule has 0 spiro atoms. The minimum atomic E-state index is -1.08. The molecule has 0 N–H and O–H groups in total. The number of aromatic nitrogens is 1. The molecule has 0 aromatic carbocycles. The molecule has 0 bridgehead atoms. The third-order valence-electron chi connectivity index (χ3n) is 3.24. The van der Waals surface area contributed by atoms with Crippen LogP contribution in [0.3, 0.4) is 0 Å². The van der Waals surface area contributed by atoms with Gasteiger partial charge in [0.05, 0.1) is 7.11 Å². The van der Waals surface area contributed by atoms with E-state index in [0.29, 0.717) is 11.6 Å². The van der Waals surface area contributed by atoms with E-state index in [9.17, 15) is 9.59 Å². The molecule has 1 aromatic rings. The number of rotatable bonds is 2. The maximum atomic E-state index is 12.3. The third kappa shape index (κ3) is 2.03. The zero-order chi connectivity index (χ0) is 14.2. The highest BCUT2D eigenvalue weighted by molar-refractivity contribution is 6.01. The topological polar surface area (TPSA) is 68.7 Å². The van der Waals surface area contributed by atoms with Crippen molar-refractivity contribution in [3.63, 3.8) is 0 Å². The van der Waals surface area contributed by atoms with E-state index in [4.69, 9.17) is 9.47 Å². The van der Waals surface area contributed by atoms with Gasteiger partial charge in [0.1, 0.15) is 5.41 Å². The molecule has 0 aliphatic carbocycles. The van der Waals surface area contributed by atoms with E-state index < -0.39 is 17.5 Å². The largest absolute Gasteiger partial charge is 0.475 e. The minimum absolute atomic E-state index is 0.318. The number of hydrogen-bond donors (Lipinski definition) is 0. The molecular formula is C13H16N2O4. The Bertz CT molecular complexity index is 527. The first-order valence-electron chi connectivity index (χ1n) is 5.87. The standard InChI is InChI=1S/C13H16N2O4/c1-13(2,12(17)18-4)9-11(16)15(3)10-8(19-9)6-5-7-14-10/h5-7,9H,1-4H3. The average Bonchev–Trinajstić information content (AvgIpc) is 2.41. The Morgan fingerprint density at radius 3 is 2.84 bits per heavy atom. The van der Waals surface area contributed by atoms with Gasteiger partial charge in [-0.05, 0) is 26.0 Å². The molecule has 1 unspecified atom stereocenters. The van der Waals surface area contributed by atoms with E-state index in [1.807, 2.05) is 0 Å². The SMILES string of the molecule is COC(=O)C(C)(C)C1Oc2cccnc2N(C)C1=O. The number of carbonyl (C=O) groups is 2. The van der Waals surface area contributed by atoms with Crippen LogP contribution in [0.25, 0.3) is 0 Å². The first-order chi connectivity index (χ1) is 8.89. The Balaban J connectivity index is 2.41. The number of likely N-dealkylation sites (N-methyl/N-ethyl adjacent to an activating group) is 1. The van der Waals surface area contributed by atoms with E-state index in [1.165, 1.54) is 12.0 Å². The van der Waals surface area contributed by atoms with Crippen molar-refractivity contribution >= 4 is 17.7 Å². The molecule has 0 radical (unpaired) electrons. The van der Waals surface area contributed by atoms with Crippen molar-refractivity contribution in [3.8, 4) is 5.75 Å². The van der Waals surface area contributed by atoms with Gasteiger partial charge in [-0.3, -0.25) is 14.5 Å². The molecule has 19 heavy (non-hydrogen) atoms. The maximum Gasteiger partial charge on any atom is 0.315 e. The number of fused-ring (bicyclic) bond motifs is 1. The molecular weight excluding hydrogens is 248 g/mol. The number of esters is 1. The first kappa shape index (κ1) is 13.3. The monoisotopic (exact) mass is 264 g/mol. The second-order valence-electron chi connectivity index (χ2n) is 4.93. The molecule has 1 amide bonds. The van der Waals surface area contributed by atoms with Crippen LogP contribution in [0.5, 0.6) is 5.75 Å². The fourth-order valence-corrected chi connectivity index (χ4v) is 2.01. The van der Waals surface area contributed by atoms with Crippen molar-refractivity contribution in [1.29, 1.82) is 0 Å². The lowest BCUT2D eigenvalue weighted by molar-refractivity contribution is -0.160. The summed E-state index contributed by atoms with van der Waals surface area (Å²) in [6, 6.07) is 3.43. The summed E-state index contributed by atoms with van der Waals surface area (Å²) in [6.07, 6.45) is 0.652. The molecule has 0 saturated carbocycles. The lowest BCUT2D eigenvalue weighted by atomic mass is 9.85. The van der Waals surface area contributed by atoms with Gasteiger partial charge < -0.3 is 9.47 Å². The second kappa shape index (κ2) is 4.53. The molecule has 1 aliphatic rings.